The Morgan fingerprint density at radius 3 is 0.956 bits per heavy atom. The maximum atomic E-state index is 13.4. The van der Waals surface area contributed by atoms with Crippen LogP contribution in [0.1, 0.15) is 165 Å². The Balaban J connectivity index is 0.962. The molecule has 1 aromatic carbocycles. The van der Waals surface area contributed by atoms with E-state index in [1.807, 2.05) is 12.1 Å². The van der Waals surface area contributed by atoms with E-state index in [0.29, 0.717) is 75.8 Å². The highest BCUT2D eigenvalue weighted by atomic mass is 16.6. The average Bonchev–Trinajstić information content (AvgIpc) is 3.37. The number of hydrogen-bond acceptors (Lipinski definition) is 14. The first-order valence-corrected chi connectivity index (χ1v) is 25.4. The van der Waals surface area contributed by atoms with Crippen LogP contribution in [0, 0.1) is 70.0 Å². The number of ether oxygens (including phenoxy) is 6. The third kappa shape index (κ3) is 16.6. The van der Waals surface area contributed by atoms with Crippen LogP contribution < -0.4 is 9.47 Å². The fourth-order valence-electron chi connectivity index (χ4n) is 10.8. The molecule has 0 aliphatic heterocycles. The monoisotopic (exact) mass is 941 g/mol. The molecule has 4 aliphatic rings. The Bertz CT molecular complexity index is 1810. The fourth-order valence-corrected chi connectivity index (χ4v) is 10.8. The Hall–Kier alpha value is -5.50. The van der Waals surface area contributed by atoms with Gasteiger partial charge in [-0.05, 0) is 190 Å². The van der Waals surface area contributed by atoms with Gasteiger partial charge in [0.1, 0.15) is 34.8 Å². The van der Waals surface area contributed by atoms with E-state index in [4.69, 9.17) is 28.4 Å². The van der Waals surface area contributed by atoms with Gasteiger partial charge >= 0.3 is 35.8 Å². The predicted molar refractivity (Wildman–Crippen MR) is 250 cm³/mol. The van der Waals surface area contributed by atoms with E-state index >= 15 is 0 Å². The van der Waals surface area contributed by atoms with Crippen LogP contribution in [-0.4, -0.2) is 62.2 Å². The lowest BCUT2D eigenvalue weighted by molar-refractivity contribution is -0.151. The minimum atomic E-state index is -0.438. The summed E-state index contributed by atoms with van der Waals surface area (Å²) in [6.07, 6.45) is 22.1. The summed E-state index contributed by atoms with van der Waals surface area (Å²) >= 11 is 0. The van der Waals surface area contributed by atoms with Gasteiger partial charge < -0.3 is 28.4 Å². The third-order valence-corrected chi connectivity index (χ3v) is 14.9. The topological polar surface area (TPSA) is 205 Å². The second kappa shape index (κ2) is 28.7. The molecule has 0 N–H and O–H groups in total. The largest absolute Gasteiger partial charge is 0.465 e. The van der Waals surface area contributed by atoms with Gasteiger partial charge in [0.15, 0.2) is 0 Å². The fraction of sp³-hybridized carbons (Fsp3) is 0.667. The van der Waals surface area contributed by atoms with Gasteiger partial charge in [-0.2, -0.15) is 10.5 Å². The van der Waals surface area contributed by atoms with Crippen LogP contribution >= 0.6 is 0 Å². The molecule has 0 unspecified atom stereocenters. The minimum absolute atomic E-state index is 0.0198. The van der Waals surface area contributed by atoms with Crippen molar-refractivity contribution in [3.63, 3.8) is 0 Å². The van der Waals surface area contributed by atoms with Crippen molar-refractivity contribution in [1.29, 1.82) is 10.5 Å². The van der Waals surface area contributed by atoms with Gasteiger partial charge in [0, 0.05) is 12.2 Å². The van der Waals surface area contributed by atoms with Crippen molar-refractivity contribution in [2.24, 2.45) is 47.3 Å². The molecule has 5 rings (SSSR count). The molecule has 0 saturated heterocycles. The summed E-state index contributed by atoms with van der Waals surface area (Å²) in [5.41, 5.74) is -0.273. The average molecular weight is 941 g/mol. The highest BCUT2D eigenvalue weighted by Gasteiger charge is 2.38. The lowest BCUT2D eigenvalue weighted by Crippen LogP contribution is -2.32. The van der Waals surface area contributed by atoms with Crippen LogP contribution in [0.25, 0.3) is 0 Å². The first-order valence-electron chi connectivity index (χ1n) is 25.4. The number of esters is 6. The molecule has 68 heavy (non-hydrogen) atoms. The van der Waals surface area contributed by atoms with Crippen molar-refractivity contribution in [2.45, 2.75) is 154 Å². The van der Waals surface area contributed by atoms with Crippen molar-refractivity contribution in [2.75, 3.05) is 26.4 Å². The molecular formula is C54H72N2O12. The van der Waals surface area contributed by atoms with Crippen molar-refractivity contribution >= 4 is 35.8 Å². The molecule has 0 atom stereocenters. The lowest BCUT2D eigenvalue weighted by Gasteiger charge is -2.36. The summed E-state index contributed by atoms with van der Waals surface area (Å²) in [5.74, 6) is -0.898. The summed E-state index contributed by atoms with van der Waals surface area (Å²) in [6, 6.07) is 6.86. The Labute approximate surface area is 402 Å². The summed E-state index contributed by atoms with van der Waals surface area (Å²) < 4.78 is 32.6. The second-order valence-electron chi connectivity index (χ2n) is 19.2. The molecule has 14 heteroatoms. The van der Waals surface area contributed by atoms with Crippen molar-refractivity contribution in [1.82, 2.24) is 0 Å². The first kappa shape index (κ1) is 53.5. The zero-order valence-corrected chi connectivity index (χ0v) is 39.9. The SMILES string of the molecule is C=CC(=O)OCCCCCCOC(=O)C1CCC(C2CCC(C(=O)Oc3ccc(OC(=O)C4CCC(C5CCC(C(=O)OCCCCCCOC(=O)C=C)CC5)CC4)c(C#N)c3C#N)CC2)CC1. The number of benzene rings is 1. The highest BCUT2D eigenvalue weighted by Crippen LogP contribution is 2.44. The number of unbranched alkanes of at least 4 members (excludes halogenated alkanes) is 6. The highest BCUT2D eigenvalue weighted by molar-refractivity contribution is 5.81. The second-order valence-corrected chi connectivity index (χ2v) is 19.2. The molecule has 4 aliphatic carbocycles. The maximum Gasteiger partial charge on any atom is 0.330 e. The molecule has 1 aromatic rings. The van der Waals surface area contributed by atoms with Crippen LogP contribution in [0.4, 0.5) is 0 Å². The summed E-state index contributed by atoms with van der Waals surface area (Å²) in [6.45, 7) is 8.28. The molecule has 0 aromatic heterocycles. The van der Waals surface area contributed by atoms with Gasteiger partial charge in [-0.1, -0.05) is 13.2 Å². The summed E-state index contributed by atoms with van der Waals surface area (Å²) in [7, 11) is 0. The van der Waals surface area contributed by atoms with Crippen LogP contribution in [0.5, 0.6) is 11.5 Å². The van der Waals surface area contributed by atoms with Crippen LogP contribution in [0.3, 0.4) is 0 Å². The van der Waals surface area contributed by atoms with Crippen LogP contribution in [0.15, 0.2) is 37.4 Å². The number of nitriles is 2. The molecule has 0 spiro atoms. The van der Waals surface area contributed by atoms with Gasteiger partial charge in [0.2, 0.25) is 0 Å². The predicted octanol–water partition coefficient (Wildman–Crippen LogP) is 10.1. The van der Waals surface area contributed by atoms with E-state index in [0.717, 1.165) is 141 Å². The van der Waals surface area contributed by atoms with E-state index in [2.05, 4.69) is 13.2 Å². The Morgan fingerprint density at radius 1 is 0.426 bits per heavy atom. The van der Waals surface area contributed by atoms with Crippen LogP contribution in [-0.2, 0) is 47.7 Å². The number of carbonyl (C=O) groups excluding carboxylic acids is 6. The number of nitrogens with zero attached hydrogens (tertiary/aromatic N) is 2. The van der Waals surface area contributed by atoms with E-state index < -0.39 is 23.9 Å². The van der Waals surface area contributed by atoms with Gasteiger partial charge in [0.25, 0.3) is 0 Å². The van der Waals surface area contributed by atoms with Gasteiger partial charge in [0.05, 0.1) is 50.1 Å². The molecule has 4 fully saturated rings. The smallest absolute Gasteiger partial charge is 0.330 e. The normalized spacial score (nSPS) is 24.7. The van der Waals surface area contributed by atoms with Gasteiger partial charge in [-0.25, -0.2) is 9.59 Å². The third-order valence-electron chi connectivity index (χ3n) is 14.9. The Morgan fingerprint density at radius 2 is 0.691 bits per heavy atom. The van der Waals surface area contributed by atoms with E-state index in [1.54, 1.807) is 0 Å². The zero-order chi connectivity index (χ0) is 48.7. The molecule has 0 amide bonds. The molecule has 0 radical (unpaired) electrons. The number of hydrogen-bond donors (Lipinski definition) is 0. The van der Waals surface area contributed by atoms with Crippen molar-refractivity contribution < 1.29 is 57.2 Å². The van der Waals surface area contributed by atoms with E-state index in [9.17, 15) is 39.3 Å². The van der Waals surface area contributed by atoms with Crippen LogP contribution in [0.2, 0.25) is 0 Å². The molecule has 14 nitrogen and oxygen atoms in total. The van der Waals surface area contributed by atoms with Gasteiger partial charge in [-0.15, -0.1) is 0 Å². The summed E-state index contributed by atoms with van der Waals surface area (Å²) in [5, 5.41) is 20.2. The van der Waals surface area contributed by atoms with E-state index in [-0.39, 0.29) is 58.2 Å². The number of rotatable bonds is 24. The quantitative estimate of drug-likeness (QED) is 0.0311. The molecular weight excluding hydrogens is 869 g/mol. The standard InChI is InChI=1S/C54H72N2O12/c1-3-49(57)63-31-9-5-7-11-33-65-51(59)41-21-13-37(14-22-41)39-17-25-43(26-18-39)53(61)67-47-29-30-48(46(36-56)45(47)35-55)68-54(62)44-27-19-40(20-28-44)38-15-23-42(24-16-38)52(60)66-34-12-8-6-10-32-64-50(58)4-2/h3-4,29-30,37-44H,1-2,5-28,31-34H2. The molecule has 0 bridgehead atoms. The minimum Gasteiger partial charge on any atom is -0.465 e. The van der Waals surface area contributed by atoms with E-state index in [1.165, 1.54) is 12.1 Å². The molecule has 370 valence electrons. The van der Waals surface area contributed by atoms with Crippen molar-refractivity contribution in [3.05, 3.63) is 48.6 Å². The first-order chi connectivity index (χ1) is 33.0. The Kier molecular flexibility index (Phi) is 22.6. The lowest BCUT2D eigenvalue weighted by atomic mass is 9.69. The summed E-state index contributed by atoms with van der Waals surface area (Å²) in [4.78, 5) is 74.4. The van der Waals surface area contributed by atoms with Crippen molar-refractivity contribution in [3.8, 4) is 23.6 Å². The zero-order valence-electron chi connectivity index (χ0n) is 39.9. The molecule has 4 saturated carbocycles. The van der Waals surface area contributed by atoms with Gasteiger partial charge in [-0.3, -0.25) is 19.2 Å². The number of carbonyl (C=O) groups is 6. The molecule has 0 heterocycles. The maximum absolute atomic E-state index is 13.4.